The third-order valence-electron chi connectivity index (χ3n) is 3.72. The summed E-state index contributed by atoms with van der Waals surface area (Å²) in [5.41, 5.74) is 3.47. The Kier molecular flexibility index (Phi) is 9.48. The molecule has 25 heavy (non-hydrogen) atoms. The standard InChI is InChI=1S/C20H26O3.HPS/c1-14(2)10-18-19(21-4)11-17(12-20(18)22-5)23-13-16-8-6-15(3)7-9-16;1-2/h6-9,11-12,14H,10,13H2,1-5H3;1H. The second-order valence-corrected chi connectivity index (χ2v) is 6.18. The van der Waals surface area contributed by atoms with Gasteiger partial charge in [-0.3, -0.25) is 0 Å². The van der Waals surface area contributed by atoms with Gasteiger partial charge in [0.1, 0.15) is 23.9 Å². The molecule has 0 saturated heterocycles. The fourth-order valence-electron chi connectivity index (χ4n) is 2.50. The number of rotatable bonds is 7. The van der Waals surface area contributed by atoms with Gasteiger partial charge in [-0.2, -0.15) is 0 Å². The number of benzene rings is 2. The molecule has 136 valence electrons. The average Bonchev–Trinajstić information content (AvgIpc) is 2.63. The van der Waals surface area contributed by atoms with Gasteiger partial charge < -0.3 is 14.2 Å². The van der Waals surface area contributed by atoms with Gasteiger partial charge in [0.05, 0.1) is 14.2 Å². The van der Waals surface area contributed by atoms with Crippen molar-refractivity contribution in [2.45, 2.75) is 33.8 Å². The van der Waals surface area contributed by atoms with E-state index in [0.717, 1.165) is 34.8 Å². The van der Waals surface area contributed by atoms with Crippen LogP contribution in [0.1, 0.15) is 30.5 Å². The monoisotopic (exact) mass is 378 g/mol. The van der Waals surface area contributed by atoms with Crippen molar-refractivity contribution in [1.82, 2.24) is 0 Å². The Morgan fingerprint density at radius 3 is 1.92 bits per heavy atom. The van der Waals surface area contributed by atoms with Crippen LogP contribution in [-0.4, -0.2) is 14.2 Å². The fourth-order valence-corrected chi connectivity index (χ4v) is 2.50. The largest absolute Gasteiger partial charge is 0.496 e. The maximum Gasteiger partial charge on any atom is 0.129 e. The highest BCUT2D eigenvalue weighted by Gasteiger charge is 2.14. The lowest BCUT2D eigenvalue weighted by Gasteiger charge is -2.17. The summed E-state index contributed by atoms with van der Waals surface area (Å²) < 4.78 is 17.0. The lowest BCUT2D eigenvalue weighted by molar-refractivity contribution is 0.299. The van der Waals surface area contributed by atoms with Crippen molar-refractivity contribution in [2.24, 2.45) is 5.92 Å². The maximum absolute atomic E-state index is 5.92. The predicted molar refractivity (Wildman–Crippen MR) is 109 cm³/mol. The Labute approximate surface area is 158 Å². The van der Waals surface area contributed by atoms with Crippen LogP contribution in [0.5, 0.6) is 17.2 Å². The van der Waals surface area contributed by atoms with Crippen molar-refractivity contribution in [1.29, 1.82) is 0 Å². The maximum atomic E-state index is 5.92. The molecule has 5 heteroatoms. The molecular formula is C20H27O3PS. The van der Waals surface area contributed by atoms with Crippen molar-refractivity contribution < 1.29 is 14.2 Å². The zero-order chi connectivity index (χ0) is 18.8. The molecule has 0 aliphatic carbocycles. The summed E-state index contributed by atoms with van der Waals surface area (Å²) in [5.74, 6) is 2.91. The molecule has 0 N–H and O–H groups in total. The fraction of sp³-hybridized carbons (Fsp3) is 0.400. The normalized spacial score (nSPS) is 10.0. The van der Waals surface area contributed by atoms with E-state index in [1.807, 2.05) is 12.1 Å². The molecular weight excluding hydrogens is 351 g/mol. The van der Waals surface area contributed by atoms with Crippen LogP contribution < -0.4 is 14.2 Å². The molecule has 0 saturated carbocycles. The van der Waals surface area contributed by atoms with E-state index in [4.69, 9.17) is 14.2 Å². The van der Waals surface area contributed by atoms with Crippen molar-refractivity contribution in [3.63, 3.8) is 0 Å². The number of ether oxygens (including phenoxy) is 3. The molecule has 3 nitrogen and oxygen atoms in total. The second-order valence-electron chi connectivity index (χ2n) is 6.18. The highest BCUT2D eigenvalue weighted by atomic mass is 32.4. The predicted octanol–water partition coefficient (Wildman–Crippen LogP) is 5.38. The van der Waals surface area contributed by atoms with E-state index in [1.165, 1.54) is 5.56 Å². The molecule has 0 amide bonds. The van der Waals surface area contributed by atoms with Crippen molar-refractivity contribution >= 4 is 19.8 Å². The number of aryl methyl sites for hydroxylation is 1. The van der Waals surface area contributed by atoms with E-state index in [0.29, 0.717) is 12.5 Å². The first-order valence-corrected chi connectivity index (χ1v) is 9.80. The zero-order valence-corrected chi connectivity index (χ0v) is 17.4. The molecule has 0 aliphatic heterocycles. The highest BCUT2D eigenvalue weighted by Crippen LogP contribution is 2.36. The molecule has 0 radical (unpaired) electrons. The van der Waals surface area contributed by atoms with Gasteiger partial charge in [0.15, 0.2) is 0 Å². The Balaban J connectivity index is 0.00000151. The molecule has 0 fully saturated rings. The lowest BCUT2D eigenvalue weighted by atomic mass is 10.0. The Bertz CT molecular complexity index is 631. The molecule has 0 heterocycles. The van der Waals surface area contributed by atoms with Crippen LogP contribution in [0.15, 0.2) is 36.4 Å². The van der Waals surface area contributed by atoms with Gasteiger partial charge in [-0.1, -0.05) is 55.5 Å². The highest BCUT2D eigenvalue weighted by molar-refractivity contribution is 7.88. The first-order chi connectivity index (χ1) is 12.0. The van der Waals surface area contributed by atoms with Gasteiger partial charge >= 0.3 is 0 Å². The average molecular weight is 378 g/mol. The van der Waals surface area contributed by atoms with Gasteiger partial charge in [-0.15, -0.1) is 0 Å². The Morgan fingerprint density at radius 1 is 0.960 bits per heavy atom. The van der Waals surface area contributed by atoms with Crippen molar-refractivity contribution in [2.75, 3.05) is 14.2 Å². The summed E-state index contributed by atoms with van der Waals surface area (Å²) in [6, 6.07) is 12.2. The second kappa shape index (κ2) is 11.1. The smallest absolute Gasteiger partial charge is 0.129 e. The summed E-state index contributed by atoms with van der Waals surface area (Å²) in [7, 11) is 5.92. The van der Waals surface area contributed by atoms with Crippen molar-refractivity contribution in [3.8, 4) is 17.2 Å². The molecule has 0 atom stereocenters. The molecule has 0 unspecified atom stereocenters. The minimum Gasteiger partial charge on any atom is -0.496 e. The molecule has 0 bridgehead atoms. The first-order valence-electron chi connectivity index (χ1n) is 8.17. The van der Waals surface area contributed by atoms with Crippen molar-refractivity contribution in [3.05, 3.63) is 53.1 Å². The number of hydrogen-bond acceptors (Lipinski definition) is 4. The summed E-state index contributed by atoms with van der Waals surface area (Å²) in [5, 5.41) is 0. The van der Waals surface area contributed by atoms with Gasteiger partial charge in [0.2, 0.25) is 0 Å². The molecule has 0 spiro atoms. The molecule has 2 aromatic rings. The van der Waals surface area contributed by atoms with E-state index >= 15 is 0 Å². The summed E-state index contributed by atoms with van der Waals surface area (Å²) in [4.78, 5) is 0. The van der Waals surface area contributed by atoms with Crippen LogP contribution in [-0.2, 0) is 24.8 Å². The number of hydrogen-bond donors (Lipinski definition) is 0. The van der Waals surface area contributed by atoms with Gasteiger partial charge in [0, 0.05) is 17.7 Å². The van der Waals surface area contributed by atoms with Gasteiger partial charge in [0.25, 0.3) is 0 Å². The lowest BCUT2D eigenvalue weighted by Crippen LogP contribution is -2.03. The SMILES string of the molecule is COc1cc(OCc2ccc(C)cc2)cc(OC)c1CC(C)C.P=S. The minimum atomic E-state index is 0.524. The summed E-state index contributed by atoms with van der Waals surface area (Å²) >= 11 is 3.89. The van der Waals surface area contributed by atoms with E-state index < -0.39 is 0 Å². The van der Waals surface area contributed by atoms with Crippen LogP contribution in [0.3, 0.4) is 0 Å². The topological polar surface area (TPSA) is 27.7 Å². The zero-order valence-electron chi connectivity index (χ0n) is 15.6. The molecule has 0 aliphatic rings. The minimum absolute atomic E-state index is 0.524. The van der Waals surface area contributed by atoms with E-state index in [1.54, 1.807) is 14.2 Å². The van der Waals surface area contributed by atoms with E-state index in [2.05, 4.69) is 64.9 Å². The third kappa shape index (κ3) is 6.64. The van der Waals surface area contributed by atoms with Crippen LogP contribution in [0, 0.1) is 12.8 Å². The Hall–Kier alpha value is -1.64. The molecule has 2 rings (SSSR count). The quantitative estimate of drug-likeness (QED) is 0.605. The molecule has 2 aromatic carbocycles. The first kappa shape index (κ1) is 21.4. The van der Waals surface area contributed by atoms with E-state index in [9.17, 15) is 0 Å². The third-order valence-corrected chi connectivity index (χ3v) is 3.72. The van der Waals surface area contributed by atoms with Crippen LogP contribution >= 0.6 is 8.02 Å². The Morgan fingerprint density at radius 2 is 1.48 bits per heavy atom. The summed E-state index contributed by atoms with van der Waals surface area (Å²) in [6.45, 7) is 6.96. The van der Waals surface area contributed by atoms with Crippen LogP contribution in [0.2, 0.25) is 0 Å². The van der Waals surface area contributed by atoms with Crippen LogP contribution in [0.4, 0.5) is 0 Å². The van der Waals surface area contributed by atoms with Crippen LogP contribution in [0.25, 0.3) is 0 Å². The number of methoxy groups -OCH3 is 2. The van der Waals surface area contributed by atoms with Gasteiger partial charge in [-0.05, 0) is 32.8 Å². The van der Waals surface area contributed by atoms with E-state index in [-0.39, 0.29) is 0 Å². The van der Waals surface area contributed by atoms with Gasteiger partial charge in [-0.25, -0.2) is 0 Å². The molecule has 0 aromatic heterocycles. The summed E-state index contributed by atoms with van der Waals surface area (Å²) in [6.07, 6.45) is 0.907.